The Labute approximate surface area is 92.0 Å². The number of carbonyl (C=O) groups is 1. The zero-order chi connectivity index (χ0) is 10.6. The maximum Gasteiger partial charge on any atom is 0.145 e. The van der Waals surface area contributed by atoms with E-state index in [0.717, 1.165) is 18.6 Å². The molecule has 14 heavy (non-hydrogen) atoms. The Morgan fingerprint density at radius 1 is 1.29 bits per heavy atom. The van der Waals surface area contributed by atoms with Crippen LogP contribution in [-0.2, 0) is 4.79 Å². The smallest absolute Gasteiger partial charge is 0.145 e. The van der Waals surface area contributed by atoms with E-state index in [1.54, 1.807) is 0 Å². The largest absolute Gasteiger partial charge is 0.298 e. The van der Waals surface area contributed by atoms with Crippen LogP contribution >= 0.6 is 11.8 Å². The first-order chi connectivity index (χ1) is 6.61. The fourth-order valence-corrected chi connectivity index (χ4v) is 2.82. The van der Waals surface area contributed by atoms with Gasteiger partial charge < -0.3 is 0 Å². The second-order valence-corrected chi connectivity index (χ2v) is 6.07. The molecule has 1 fully saturated rings. The van der Waals surface area contributed by atoms with Gasteiger partial charge in [-0.25, -0.2) is 0 Å². The molecule has 1 aliphatic rings. The van der Waals surface area contributed by atoms with Crippen molar-refractivity contribution in [2.75, 3.05) is 5.75 Å². The normalized spacial score (nSPS) is 20.3. The number of Topliss-reactive ketones (excluding diaryl/α,β-unsaturated/α-hetero) is 1. The summed E-state index contributed by atoms with van der Waals surface area (Å²) < 4.78 is 0. The molecule has 0 heterocycles. The van der Waals surface area contributed by atoms with Gasteiger partial charge in [0.2, 0.25) is 0 Å². The van der Waals surface area contributed by atoms with Gasteiger partial charge in [-0.15, -0.1) is 0 Å². The highest BCUT2D eigenvalue weighted by Crippen LogP contribution is 2.28. The molecule has 1 saturated carbocycles. The molecule has 1 nitrogen and oxygen atoms in total. The summed E-state index contributed by atoms with van der Waals surface area (Å²) in [4.78, 5) is 11.8. The highest BCUT2D eigenvalue weighted by atomic mass is 32.2. The van der Waals surface area contributed by atoms with E-state index >= 15 is 0 Å². The van der Waals surface area contributed by atoms with Gasteiger partial charge in [0.15, 0.2) is 0 Å². The minimum absolute atomic E-state index is 0.405. The van der Waals surface area contributed by atoms with Crippen LogP contribution in [0.2, 0.25) is 0 Å². The molecule has 0 aromatic rings. The second kappa shape index (κ2) is 5.79. The van der Waals surface area contributed by atoms with Crippen LogP contribution in [0.4, 0.5) is 0 Å². The molecule has 1 unspecified atom stereocenters. The van der Waals surface area contributed by atoms with E-state index < -0.39 is 0 Å². The Kier molecular flexibility index (Phi) is 5.00. The van der Waals surface area contributed by atoms with E-state index in [1.165, 1.54) is 12.8 Å². The highest BCUT2D eigenvalue weighted by molar-refractivity contribution is 8.00. The molecule has 0 spiro atoms. The summed E-state index contributed by atoms with van der Waals surface area (Å²) in [6.07, 6.45) is 4.83. The van der Waals surface area contributed by atoms with Gasteiger partial charge in [0.05, 0.1) is 5.75 Å². The summed E-state index contributed by atoms with van der Waals surface area (Å²) >= 11 is 1.83. The molecule has 1 aliphatic carbocycles. The Morgan fingerprint density at radius 3 is 2.36 bits per heavy atom. The molecule has 0 saturated heterocycles. The van der Waals surface area contributed by atoms with Gasteiger partial charge in [0, 0.05) is 11.2 Å². The molecule has 2 heteroatoms. The third-order valence-electron chi connectivity index (χ3n) is 3.24. The molecule has 82 valence electrons. The van der Waals surface area contributed by atoms with Crippen LogP contribution in [0.5, 0.6) is 0 Å². The summed E-state index contributed by atoms with van der Waals surface area (Å²) in [7, 11) is 0. The zero-order valence-electron chi connectivity index (χ0n) is 9.58. The molecular formula is C12H22OS. The summed E-state index contributed by atoms with van der Waals surface area (Å²) in [5.74, 6) is 2.32. The van der Waals surface area contributed by atoms with Gasteiger partial charge in [-0.2, -0.15) is 11.8 Å². The van der Waals surface area contributed by atoms with Crippen molar-refractivity contribution in [3.8, 4) is 0 Å². The van der Waals surface area contributed by atoms with Crippen LogP contribution in [0.15, 0.2) is 0 Å². The predicted octanol–water partition coefficient (Wildman–Crippen LogP) is 3.52. The molecule has 0 radical (unpaired) electrons. The summed E-state index contributed by atoms with van der Waals surface area (Å²) in [5.41, 5.74) is 0. The van der Waals surface area contributed by atoms with Gasteiger partial charge in [-0.05, 0) is 18.8 Å². The van der Waals surface area contributed by atoms with Crippen molar-refractivity contribution >= 4 is 17.5 Å². The fraction of sp³-hybridized carbons (Fsp3) is 0.917. The number of thioether (sulfide) groups is 1. The van der Waals surface area contributed by atoms with Gasteiger partial charge in [0.1, 0.15) is 5.78 Å². The Morgan fingerprint density at radius 2 is 1.86 bits per heavy atom. The third-order valence-corrected chi connectivity index (χ3v) is 4.76. The Balaban J connectivity index is 2.20. The summed E-state index contributed by atoms with van der Waals surface area (Å²) in [5, 5.41) is 0.611. The number of carbonyl (C=O) groups excluding carboxylic acids is 1. The number of hydrogen-bond donors (Lipinski definition) is 0. The molecule has 1 rings (SSSR count). The topological polar surface area (TPSA) is 17.1 Å². The second-order valence-electron chi connectivity index (χ2n) is 4.71. The van der Waals surface area contributed by atoms with E-state index in [0.29, 0.717) is 22.9 Å². The maximum absolute atomic E-state index is 11.8. The fourth-order valence-electron chi connectivity index (χ4n) is 1.77. The van der Waals surface area contributed by atoms with E-state index in [2.05, 4.69) is 20.8 Å². The lowest BCUT2D eigenvalue weighted by molar-refractivity contribution is -0.120. The number of rotatable bonds is 5. The van der Waals surface area contributed by atoms with Crippen molar-refractivity contribution in [3.05, 3.63) is 0 Å². The van der Waals surface area contributed by atoms with E-state index in [-0.39, 0.29) is 0 Å². The first-order valence-corrected chi connectivity index (χ1v) is 6.80. The van der Waals surface area contributed by atoms with Crippen LogP contribution in [0, 0.1) is 11.8 Å². The van der Waals surface area contributed by atoms with Crippen molar-refractivity contribution in [1.29, 1.82) is 0 Å². The van der Waals surface area contributed by atoms with E-state index in [1.807, 2.05) is 11.8 Å². The standard InChI is InChI=1S/C12H22OS/c1-9(2)10(3)14-8-12(13)11-6-4-5-7-11/h9-11H,4-8H2,1-3H3. The molecular weight excluding hydrogens is 192 g/mol. The van der Waals surface area contributed by atoms with Crippen molar-refractivity contribution < 1.29 is 4.79 Å². The molecule has 1 atom stereocenters. The first-order valence-electron chi connectivity index (χ1n) is 5.75. The van der Waals surface area contributed by atoms with Crippen molar-refractivity contribution in [2.24, 2.45) is 11.8 Å². The lowest BCUT2D eigenvalue weighted by atomic mass is 10.0. The van der Waals surface area contributed by atoms with E-state index in [4.69, 9.17) is 0 Å². The number of ketones is 1. The minimum atomic E-state index is 0.405. The third kappa shape index (κ3) is 3.64. The van der Waals surface area contributed by atoms with Crippen LogP contribution in [-0.4, -0.2) is 16.8 Å². The van der Waals surface area contributed by atoms with Gasteiger partial charge in [-0.1, -0.05) is 33.6 Å². The van der Waals surface area contributed by atoms with Crippen molar-refractivity contribution in [2.45, 2.75) is 51.7 Å². The van der Waals surface area contributed by atoms with Crippen molar-refractivity contribution in [1.82, 2.24) is 0 Å². The molecule has 0 aromatic heterocycles. The maximum atomic E-state index is 11.8. The molecule has 0 bridgehead atoms. The molecule has 0 aromatic carbocycles. The predicted molar refractivity (Wildman–Crippen MR) is 63.7 cm³/mol. The summed E-state index contributed by atoms with van der Waals surface area (Å²) in [6, 6.07) is 0. The van der Waals surface area contributed by atoms with Gasteiger partial charge >= 0.3 is 0 Å². The molecule has 0 aliphatic heterocycles. The van der Waals surface area contributed by atoms with E-state index in [9.17, 15) is 4.79 Å². The van der Waals surface area contributed by atoms with Gasteiger partial charge in [-0.3, -0.25) is 4.79 Å². The first kappa shape index (κ1) is 12.1. The average Bonchev–Trinajstić information content (AvgIpc) is 2.66. The molecule has 0 N–H and O–H groups in total. The lowest BCUT2D eigenvalue weighted by Crippen LogP contribution is -2.16. The summed E-state index contributed by atoms with van der Waals surface area (Å²) in [6.45, 7) is 6.66. The lowest BCUT2D eigenvalue weighted by Gasteiger charge is -2.15. The number of hydrogen-bond acceptors (Lipinski definition) is 2. The Bertz CT molecular complexity index is 183. The highest BCUT2D eigenvalue weighted by Gasteiger charge is 2.23. The molecule has 0 amide bonds. The van der Waals surface area contributed by atoms with Crippen LogP contribution < -0.4 is 0 Å². The monoisotopic (exact) mass is 214 g/mol. The average molecular weight is 214 g/mol. The quantitative estimate of drug-likeness (QED) is 0.696. The van der Waals surface area contributed by atoms with Crippen molar-refractivity contribution in [3.63, 3.8) is 0 Å². The Hall–Kier alpha value is 0.0200. The zero-order valence-corrected chi connectivity index (χ0v) is 10.4. The van der Waals surface area contributed by atoms with Crippen LogP contribution in [0.3, 0.4) is 0 Å². The van der Waals surface area contributed by atoms with Crippen LogP contribution in [0.25, 0.3) is 0 Å². The SMILES string of the molecule is CC(C)C(C)SCC(=O)C1CCCC1. The van der Waals surface area contributed by atoms with Crippen LogP contribution in [0.1, 0.15) is 46.5 Å². The minimum Gasteiger partial charge on any atom is -0.298 e. The van der Waals surface area contributed by atoms with Gasteiger partial charge in [0.25, 0.3) is 0 Å².